The van der Waals surface area contributed by atoms with Crippen LogP contribution in [0.4, 0.5) is 9.18 Å². The van der Waals surface area contributed by atoms with Gasteiger partial charge in [-0.3, -0.25) is 9.80 Å². The van der Waals surface area contributed by atoms with Crippen LogP contribution in [0.5, 0.6) is 0 Å². The van der Waals surface area contributed by atoms with Crippen LogP contribution in [0, 0.1) is 11.2 Å². The summed E-state index contributed by atoms with van der Waals surface area (Å²) < 4.78 is 14.4. The van der Waals surface area contributed by atoms with Gasteiger partial charge in [-0.25, -0.2) is 9.18 Å². The molecule has 162 valence electrons. The van der Waals surface area contributed by atoms with E-state index in [9.17, 15) is 14.3 Å². The highest BCUT2D eigenvalue weighted by Gasteiger charge is 2.48. The minimum absolute atomic E-state index is 0.211. The SMILES string of the molecule is CC(C)(C)[C@@]1(C)CN(Cc2cccc(-c3cc(CN)ccc3F)c2)CCN1C(=O)O. The van der Waals surface area contributed by atoms with E-state index in [4.69, 9.17) is 5.73 Å². The lowest BCUT2D eigenvalue weighted by Crippen LogP contribution is -2.67. The molecule has 30 heavy (non-hydrogen) atoms. The fourth-order valence-electron chi connectivity index (χ4n) is 4.19. The molecule has 1 fully saturated rings. The summed E-state index contributed by atoms with van der Waals surface area (Å²) in [4.78, 5) is 15.7. The first-order valence-electron chi connectivity index (χ1n) is 10.4. The van der Waals surface area contributed by atoms with Gasteiger partial charge in [-0.05, 0) is 47.2 Å². The van der Waals surface area contributed by atoms with Crippen molar-refractivity contribution in [3.05, 3.63) is 59.4 Å². The molecule has 1 heterocycles. The van der Waals surface area contributed by atoms with E-state index in [0.717, 1.165) is 16.7 Å². The van der Waals surface area contributed by atoms with E-state index >= 15 is 0 Å². The molecular formula is C24H32FN3O2. The third-order valence-electron chi connectivity index (χ3n) is 6.52. The summed E-state index contributed by atoms with van der Waals surface area (Å²) in [6.45, 7) is 11.1. The van der Waals surface area contributed by atoms with Crippen LogP contribution in [-0.2, 0) is 13.1 Å². The van der Waals surface area contributed by atoms with Crippen LogP contribution in [-0.4, -0.2) is 46.2 Å². The minimum atomic E-state index is -0.871. The Balaban J connectivity index is 1.84. The van der Waals surface area contributed by atoms with Gasteiger partial charge in [-0.15, -0.1) is 0 Å². The molecule has 3 rings (SSSR count). The fourth-order valence-corrected chi connectivity index (χ4v) is 4.19. The molecular weight excluding hydrogens is 381 g/mol. The van der Waals surface area contributed by atoms with Crippen molar-refractivity contribution in [2.24, 2.45) is 11.1 Å². The molecule has 3 N–H and O–H groups in total. The van der Waals surface area contributed by atoms with Gasteiger partial charge in [0.05, 0.1) is 5.54 Å². The highest BCUT2D eigenvalue weighted by Crippen LogP contribution is 2.39. The zero-order chi connectivity index (χ0) is 22.1. The van der Waals surface area contributed by atoms with Crippen LogP contribution in [0.1, 0.15) is 38.8 Å². The molecule has 0 aromatic heterocycles. The van der Waals surface area contributed by atoms with Crippen LogP contribution < -0.4 is 5.73 Å². The van der Waals surface area contributed by atoms with Crippen LogP contribution in [0.2, 0.25) is 0 Å². The number of benzene rings is 2. The number of hydrogen-bond acceptors (Lipinski definition) is 3. The Bertz CT molecular complexity index is 925. The quantitative estimate of drug-likeness (QED) is 0.771. The number of halogens is 1. The third-order valence-corrected chi connectivity index (χ3v) is 6.52. The number of hydrogen-bond donors (Lipinski definition) is 2. The second kappa shape index (κ2) is 8.36. The summed E-state index contributed by atoms with van der Waals surface area (Å²) in [6, 6.07) is 12.9. The molecule has 0 radical (unpaired) electrons. The van der Waals surface area contributed by atoms with Crippen molar-refractivity contribution in [2.75, 3.05) is 19.6 Å². The molecule has 1 amide bonds. The van der Waals surface area contributed by atoms with Gasteiger partial charge < -0.3 is 10.8 Å². The molecule has 2 aromatic rings. The van der Waals surface area contributed by atoms with E-state index in [1.165, 1.54) is 6.07 Å². The normalized spacial score (nSPS) is 20.4. The van der Waals surface area contributed by atoms with Crippen LogP contribution in [0.15, 0.2) is 42.5 Å². The summed E-state index contributed by atoms with van der Waals surface area (Å²) in [5.74, 6) is -0.264. The van der Waals surface area contributed by atoms with Crippen molar-refractivity contribution in [1.29, 1.82) is 0 Å². The monoisotopic (exact) mass is 413 g/mol. The van der Waals surface area contributed by atoms with E-state index in [1.807, 2.05) is 31.2 Å². The van der Waals surface area contributed by atoms with Gasteiger partial charge in [0.2, 0.25) is 0 Å². The van der Waals surface area contributed by atoms with Gasteiger partial charge in [0.25, 0.3) is 0 Å². The summed E-state index contributed by atoms with van der Waals surface area (Å²) in [7, 11) is 0. The largest absolute Gasteiger partial charge is 0.465 e. The second-order valence-electron chi connectivity index (χ2n) is 9.39. The van der Waals surface area contributed by atoms with Crippen LogP contribution in [0.3, 0.4) is 0 Å². The zero-order valence-electron chi connectivity index (χ0n) is 18.3. The molecule has 0 bridgehead atoms. The second-order valence-corrected chi connectivity index (χ2v) is 9.39. The average molecular weight is 414 g/mol. The molecule has 1 saturated heterocycles. The Labute approximate surface area is 178 Å². The number of amides is 1. The first kappa shape index (κ1) is 22.2. The van der Waals surface area contributed by atoms with Gasteiger partial charge in [-0.2, -0.15) is 0 Å². The maximum absolute atomic E-state index is 14.4. The van der Waals surface area contributed by atoms with Crippen molar-refractivity contribution >= 4 is 6.09 Å². The maximum Gasteiger partial charge on any atom is 0.407 e. The fraction of sp³-hybridized carbons (Fsp3) is 0.458. The summed E-state index contributed by atoms with van der Waals surface area (Å²) in [6.07, 6.45) is -0.871. The summed E-state index contributed by atoms with van der Waals surface area (Å²) in [5, 5.41) is 9.71. The topological polar surface area (TPSA) is 69.8 Å². The molecule has 5 nitrogen and oxygen atoms in total. The van der Waals surface area contributed by atoms with Gasteiger partial charge in [0.1, 0.15) is 5.82 Å². The smallest absolute Gasteiger partial charge is 0.407 e. The predicted octanol–water partition coefficient (Wildman–Crippen LogP) is 4.55. The molecule has 0 aliphatic carbocycles. The van der Waals surface area contributed by atoms with Gasteiger partial charge >= 0.3 is 6.09 Å². The molecule has 1 aliphatic heterocycles. The number of piperazine rings is 1. The Hall–Kier alpha value is -2.44. The molecule has 6 heteroatoms. The molecule has 0 saturated carbocycles. The average Bonchev–Trinajstić information content (AvgIpc) is 2.67. The van der Waals surface area contributed by atoms with Crippen LogP contribution >= 0.6 is 0 Å². The Kier molecular flexibility index (Phi) is 6.20. The standard InChI is InChI=1S/C24H32FN3O2/c1-23(2,3)24(4)16-27(10-11-28(24)22(29)30)15-18-6-5-7-19(12-18)20-13-17(14-26)8-9-21(20)25/h5-9,12-13H,10-11,14-16,26H2,1-4H3,(H,29,30)/t24-/m1/s1. The van der Waals surface area contributed by atoms with E-state index < -0.39 is 11.6 Å². The van der Waals surface area contributed by atoms with E-state index in [2.05, 4.69) is 25.7 Å². The molecule has 0 unspecified atom stereocenters. The molecule has 1 aliphatic rings. The Morgan fingerprint density at radius 3 is 2.53 bits per heavy atom. The van der Waals surface area contributed by atoms with Gasteiger partial charge in [0, 0.05) is 38.3 Å². The highest BCUT2D eigenvalue weighted by atomic mass is 19.1. The highest BCUT2D eigenvalue weighted by molar-refractivity contribution is 5.67. The lowest BCUT2D eigenvalue weighted by Gasteiger charge is -2.54. The van der Waals surface area contributed by atoms with Gasteiger partial charge in [0.15, 0.2) is 0 Å². The number of carboxylic acid groups (broad SMARTS) is 1. The first-order chi connectivity index (χ1) is 14.0. The van der Waals surface area contributed by atoms with E-state index in [-0.39, 0.29) is 11.2 Å². The number of carbonyl (C=O) groups is 1. The third kappa shape index (κ3) is 4.35. The van der Waals surface area contributed by atoms with E-state index in [0.29, 0.717) is 38.3 Å². The Morgan fingerprint density at radius 2 is 1.90 bits per heavy atom. The number of nitrogens with zero attached hydrogens (tertiary/aromatic N) is 2. The van der Waals surface area contributed by atoms with Crippen molar-refractivity contribution in [1.82, 2.24) is 9.80 Å². The maximum atomic E-state index is 14.4. The van der Waals surface area contributed by atoms with Gasteiger partial charge in [-0.1, -0.05) is 45.0 Å². The number of nitrogens with two attached hydrogens (primary N) is 1. The lowest BCUT2D eigenvalue weighted by molar-refractivity contribution is -0.0461. The van der Waals surface area contributed by atoms with Crippen LogP contribution in [0.25, 0.3) is 11.1 Å². The predicted molar refractivity (Wildman–Crippen MR) is 118 cm³/mol. The summed E-state index contributed by atoms with van der Waals surface area (Å²) >= 11 is 0. The number of rotatable bonds is 4. The minimum Gasteiger partial charge on any atom is -0.465 e. The van der Waals surface area contributed by atoms with Crippen molar-refractivity contribution in [3.8, 4) is 11.1 Å². The molecule has 0 spiro atoms. The molecule has 2 aromatic carbocycles. The first-order valence-corrected chi connectivity index (χ1v) is 10.4. The summed E-state index contributed by atoms with van der Waals surface area (Å²) in [5.41, 5.74) is 8.34. The Morgan fingerprint density at radius 1 is 1.17 bits per heavy atom. The lowest BCUT2D eigenvalue weighted by atomic mass is 9.72. The van der Waals surface area contributed by atoms with Crippen molar-refractivity contribution in [2.45, 2.75) is 46.3 Å². The molecule has 1 atom stereocenters. The zero-order valence-corrected chi connectivity index (χ0v) is 18.3. The van der Waals surface area contributed by atoms with E-state index in [1.54, 1.807) is 17.0 Å². The van der Waals surface area contributed by atoms with Crippen molar-refractivity contribution in [3.63, 3.8) is 0 Å². The van der Waals surface area contributed by atoms with Crippen molar-refractivity contribution < 1.29 is 14.3 Å².